The molecule has 1 N–H and O–H groups in total. The monoisotopic (exact) mass is 364 g/mol. The van der Waals surface area contributed by atoms with Gasteiger partial charge in [0.25, 0.3) is 0 Å². The van der Waals surface area contributed by atoms with Crippen molar-refractivity contribution in [2.24, 2.45) is 0 Å². The highest BCUT2D eigenvalue weighted by Crippen LogP contribution is 2.21. The Labute approximate surface area is 138 Å². The topological polar surface area (TPSA) is 92.8 Å². The fourth-order valence-corrected chi connectivity index (χ4v) is 4.49. The first kappa shape index (κ1) is 19.9. The van der Waals surface area contributed by atoms with Crippen molar-refractivity contribution in [2.75, 3.05) is 26.5 Å². The average molecular weight is 364 g/mol. The third-order valence-corrected chi connectivity index (χ3v) is 6.22. The molecule has 0 aliphatic heterocycles. The summed E-state index contributed by atoms with van der Waals surface area (Å²) in [6, 6.07) is 4.31. The zero-order valence-corrected chi connectivity index (χ0v) is 15.7. The lowest BCUT2D eigenvalue weighted by Crippen LogP contribution is -2.41. The van der Waals surface area contributed by atoms with E-state index in [1.165, 1.54) is 23.5 Å². The van der Waals surface area contributed by atoms with Gasteiger partial charge in [-0.3, -0.25) is 0 Å². The van der Waals surface area contributed by atoms with E-state index in [4.69, 9.17) is 4.74 Å². The third-order valence-electron chi connectivity index (χ3n) is 3.30. The first-order chi connectivity index (χ1) is 10.5. The molecule has 0 aromatic heterocycles. The zero-order chi connectivity index (χ0) is 17.8. The molecule has 0 saturated carbocycles. The Morgan fingerprint density at radius 3 is 2.26 bits per heavy atom. The highest BCUT2D eigenvalue weighted by molar-refractivity contribution is 7.89. The second-order valence-corrected chi connectivity index (χ2v) is 9.20. The summed E-state index contributed by atoms with van der Waals surface area (Å²) in [5.41, 5.74) is 0.704. The molecule has 0 heterocycles. The summed E-state index contributed by atoms with van der Waals surface area (Å²) in [5.74, 6) is 0.604. The minimum Gasteiger partial charge on any atom is -0.496 e. The first-order valence-electron chi connectivity index (χ1n) is 7.10. The molecular formula is C14H24N2O5S2. The van der Waals surface area contributed by atoms with Gasteiger partial charge in [-0.25, -0.2) is 21.6 Å². The summed E-state index contributed by atoms with van der Waals surface area (Å²) in [5, 5.41) is 0. The lowest BCUT2D eigenvalue weighted by atomic mass is 10.2. The Morgan fingerprint density at radius 2 is 1.83 bits per heavy atom. The molecule has 0 aliphatic rings. The fourth-order valence-electron chi connectivity index (χ4n) is 2.20. The number of ether oxygens (including phenoxy) is 1. The molecule has 0 radical (unpaired) electrons. The molecule has 23 heavy (non-hydrogen) atoms. The molecule has 0 amide bonds. The van der Waals surface area contributed by atoms with E-state index in [0.29, 0.717) is 11.3 Å². The van der Waals surface area contributed by atoms with Crippen molar-refractivity contribution in [3.63, 3.8) is 0 Å². The SMILES string of the molecule is COc1ccc(S(=O)(=O)NCCN(C(C)C)S(C)(=O)=O)cc1C. The van der Waals surface area contributed by atoms with Gasteiger partial charge in [0, 0.05) is 19.1 Å². The molecule has 132 valence electrons. The summed E-state index contributed by atoms with van der Waals surface area (Å²) >= 11 is 0. The molecule has 0 aliphatic carbocycles. The van der Waals surface area contributed by atoms with E-state index in [2.05, 4.69) is 4.72 Å². The van der Waals surface area contributed by atoms with Crippen LogP contribution < -0.4 is 9.46 Å². The quantitative estimate of drug-likeness (QED) is 0.741. The van der Waals surface area contributed by atoms with Crippen LogP contribution in [0, 0.1) is 6.92 Å². The van der Waals surface area contributed by atoms with Crippen LogP contribution in [0.3, 0.4) is 0 Å². The Morgan fingerprint density at radius 1 is 1.22 bits per heavy atom. The Balaban J connectivity index is 2.82. The van der Waals surface area contributed by atoms with Crippen molar-refractivity contribution in [1.29, 1.82) is 0 Å². The number of aryl methyl sites for hydroxylation is 1. The van der Waals surface area contributed by atoms with Gasteiger partial charge in [0.1, 0.15) is 5.75 Å². The van der Waals surface area contributed by atoms with Crippen molar-refractivity contribution >= 4 is 20.0 Å². The smallest absolute Gasteiger partial charge is 0.240 e. The second kappa shape index (κ2) is 7.61. The van der Waals surface area contributed by atoms with Crippen molar-refractivity contribution in [2.45, 2.75) is 31.7 Å². The molecule has 0 unspecified atom stereocenters. The Kier molecular flexibility index (Phi) is 6.58. The van der Waals surface area contributed by atoms with Crippen LogP contribution in [0.1, 0.15) is 19.4 Å². The average Bonchev–Trinajstić information content (AvgIpc) is 2.41. The standard InChI is InChI=1S/C14H24N2O5S2/c1-11(2)16(22(5,17)18)9-8-15-23(19,20)13-6-7-14(21-4)12(3)10-13/h6-7,10-11,15H,8-9H2,1-5H3. The first-order valence-corrected chi connectivity index (χ1v) is 10.4. The minimum absolute atomic E-state index is 0.00133. The van der Waals surface area contributed by atoms with E-state index in [1.807, 2.05) is 0 Å². The van der Waals surface area contributed by atoms with E-state index >= 15 is 0 Å². The lowest BCUT2D eigenvalue weighted by Gasteiger charge is -2.23. The summed E-state index contributed by atoms with van der Waals surface area (Å²) in [6.45, 7) is 5.30. The van der Waals surface area contributed by atoms with Crippen LogP contribution >= 0.6 is 0 Å². The molecule has 1 rings (SSSR count). The van der Waals surface area contributed by atoms with E-state index in [0.717, 1.165) is 6.26 Å². The number of nitrogens with zero attached hydrogens (tertiary/aromatic N) is 1. The predicted molar refractivity (Wildman–Crippen MR) is 89.6 cm³/mol. The van der Waals surface area contributed by atoms with Crippen LogP contribution in [-0.2, 0) is 20.0 Å². The van der Waals surface area contributed by atoms with Crippen LogP contribution in [0.2, 0.25) is 0 Å². The van der Waals surface area contributed by atoms with Gasteiger partial charge in [-0.15, -0.1) is 0 Å². The highest BCUT2D eigenvalue weighted by atomic mass is 32.2. The molecule has 0 bridgehead atoms. The summed E-state index contributed by atoms with van der Waals surface area (Å²) < 4.78 is 56.6. The summed E-state index contributed by atoms with van der Waals surface area (Å²) in [4.78, 5) is 0.117. The number of sulfonamides is 2. The highest BCUT2D eigenvalue weighted by Gasteiger charge is 2.21. The normalized spacial score (nSPS) is 12.8. The Hall–Kier alpha value is -1.16. The van der Waals surface area contributed by atoms with Crippen LogP contribution in [0.15, 0.2) is 23.1 Å². The number of hydrogen-bond acceptors (Lipinski definition) is 5. The lowest BCUT2D eigenvalue weighted by molar-refractivity contribution is 0.360. The number of methoxy groups -OCH3 is 1. The summed E-state index contributed by atoms with van der Waals surface area (Å²) in [6.07, 6.45) is 1.11. The van der Waals surface area contributed by atoms with Crippen molar-refractivity contribution in [1.82, 2.24) is 9.03 Å². The molecular weight excluding hydrogens is 340 g/mol. The molecule has 0 fully saturated rings. The van der Waals surface area contributed by atoms with Crippen molar-refractivity contribution in [3.8, 4) is 5.75 Å². The number of rotatable bonds is 8. The molecule has 0 spiro atoms. The molecule has 1 aromatic rings. The maximum atomic E-state index is 12.3. The van der Waals surface area contributed by atoms with Crippen molar-refractivity contribution < 1.29 is 21.6 Å². The molecule has 0 atom stereocenters. The van der Waals surface area contributed by atoms with Gasteiger partial charge >= 0.3 is 0 Å². The van der Waals surface area contributed by atoms with Gasteiger partial charge in [0.15, 0.2) is 0 Å². The minimum atomic E-state index is -3.70. The fraction of sp³-hybridized carbons (Fsp3) is 0.571. The largest absolute Gasteiger partial charge is 0.496 e. The molecule has 9 heteroatoms. The van der Waals surface area contributed by atoms with Crippen LogP contribution in [0.25, 0.3) is 0 Å². The van der Waals surface area contributed by atoms with Gasteiger partial charge in [-0.05, 0) is 44.5 Å². The Bertz CT molecular complexity index is 742. The number of hydrogen-bond donors (Lipinski definition) is 1. The van der Waals surface area contributed by atoms with E-state index in [-0.39, 0.29) is 24.0 Å². The maximum absolute atomic E-state index is 12.3. The van der Waals surface area contributed by atoms with E-state index < -0.39 is 20.0 Å². The van der Waals surface area contributed by atoms with Gasteiger partial charge in [-0.1, -0.05) is 0 Å². The molecule has 7 nitrogen and oxygen atoms in total. The summed E-state index contributed by atoms with van der Waals surface area (Å²) in [7, 11) is -5.57. The van der Waals surface area contributed by atoms with E-state index in [1.54, 1.807) is 26.8 Å². The van der Waals surface area contributed by atoms with Gasteiger partial charge in [0.05, 0.1) is 18.3 Å². The van der Waals surface area contributed by atoms with Crippen LogP contribution in [0.4, 0.5) is 0 Å². The second-order valence-electron chi connectivity index (χ2n) is 5.50. The van der Waals surface area contributed by atoms with Crippen molar-refractivity contribution in [3.05, 3.63) is 23.8 Å². The van der Waals surface area contributed by atoms with Gasteiger partial charge in [-0.2, -0.15) is 4.31 Å². The molecule has 1 aromatic carbocycles. The van der Waals surface area contributed by atoms with Gasteiger partial charge in [0.2, 0.25) is 20.0 Å². The van der Waals surface area contributed by atoms with Crippen LogP contribution in [-0.4, -0.2) is 53.6 Å². The number of benzene rings is 1. The third kappa shape index (κ3) is 5.45. The number of nitrogens with one attached hydrogen (secondary N) is 1. The van der Waals surface area contributed by atoms with E-state index in [9.17, 15) is 16.8 Å². The predicted octanol–water partition coefficient (Wildman–Crippen LogP) is 0.952. The molecule has 0 saturated heterocycles. The van der Waals surface area contributed by atoms with Gasteiger partial charge < -0.3 is 4.74 Å². The maximum Gasteiger partial charge on any atom is 0.240 e. The zero-order valence-electron chi connectivity index (χ0n) is 14.0. The van der Waals surface area contributed by atoms with Crippen LogP contribution in [0.5, 0.6) is 5.75 Å².